The van der Waals surface area contributed by atoms with Crippen LogP contribution in [0.25, 0.3) is 10.9 Å². The molecule has 1 aliphatic heterocycles. The predicted octanol–water partition coefficient (Wildman–Crippen LogP) is 2.16. The first-order chi connectivity index (χ1) is 14.0. The van der Waals surface area contributed by atoms with Crippen molar-refractivity contribution in [1.82, 2.24) is 19.8 Å². The number of benzene rings is 1. The van der Waals surface area contributed by atoms with Crippen molar-refractivity contribution < 1.29 is 14.3 Å². The molecule has 0 bridgehead atoms. The molecule has 0 radical (unpaired) electrons. The van der Waals surface area contributed by atoms with Crippen LogP contribution in [-0.2, 0) is 11.3 Å². The van der Waals surface area contributed by atoms with Gasteiger partial charge in [0.2, 0.25) is 5.91 Å². The van der Waals surface area contributed by atoms with Crippen molar-refractivity contribution in [1.29, 1.82) is 0 Å². The van der Waals surface area contributed by atoms with Gasteiger partial charge in [-0.3, -0.25) is 14.5 Å². The highest BCUT2D eigenvalue weighted by Gasteiger charge is 2.18. The number of methoxy groups -OCH3 is 2. The molecule has 2 heterocycles. The molecule has 3 rings (SSSR count). The summed E-state index contributed by atoms with van der Waals surface area (Å²) in [4.78, 5) is 36.5. The van der Waals surface area contributed by atoms with Crippen LogP contribution in [0.4, 0.5) is 0 Å². The van der Waals surface area contributed by atoms with Gasteiger partial charge in [0.1, 0.15) is 5.82 Å². The third-order valence-electron chi connectivity index (χ3n) is 5.43. The number of H-pyrrole nitrogens is 1. The summed E-state index contributed by atoms with van der Waals surface area (Å²) in [7, 11) is 3.08. The number of nitrogens with one attached hydrogen (secondary N) is 1. The monoisotopic (exact) mass is 402 g/mol. The maximum Gasteiger partial charge on any atom is 0.258 e. The summed E-state index contributed by atoms with van der Waals surface area (Å²) in [6, 6.07) is 3.35. The first kappa shape index (κ1) is 21.1. The molecule has 8 nitrogen and oxygen atoms in total. The topological polar surface area (TPSA) is 87.8 Å². The first-order valence-corrected chi connectivity index (χ1v) is 10.2. The summed E-state index contributed by atoms with van der Waals surface area (Å²) in [6.45, 7) is 5.66. The summed E-state index contributed by atoms with van der Waals surface area (Å²) in [5, 5.41) is 0.453. The number of aromatic amines is 1. The molecule has 158 valence electrons. The fraction of sp³-hybridized carbons (Fsp3) is 0.571. The van der Waals surface area contributed by atoms with Crippen LogP contribution in [0.2, 0.25) is 0 Å². The van der Waals surface area contributed by atoms with Gasteiger partial charge < -0.3 is 19.4 Å². The highest BCUT2D eigenvalue weighted by molar-refractivity contribution is 5.81. The molecule has 1 amide bonds. The first-order valence-electron chi connectivity index (χ1n) is 10.2. The Hall–Kier alpha value is -2.61. The maximum atomic E-state index is 12.5. The number of hydrogen-bond donors (Lipinski definition) is 1. The van der Waals surface area contributed by atoms with Crippen LogP contribution in [0, 0.1) is 0 Å². The zero-order valence-electron chi connectivity index (χ0n) is 17.5. The van der Waals surface area contributed by atoms with Gasteiger partial charge in [-0.1, -0.05) is 6.92 Å². The van der Waals surface area contributed by atoms with Gasteiger partial charge in [-0.25, -0.2) is 4.98 Å². The minimum absolute atomic E-state index is 0.208. The van der Waals surface area contributed by atoms with Crippen LogP contribution >= 0.6 is 0 Å². The van der Waals surface area contributed by atoms with Crippen LogP contribution in [0.1, 0.15) is 38.4 Å². The molecule has 0 saturated carbocycles. The summed E-state index contributed by atoms with van der Waals surface area (Å²) in [5.74, 6) is 1.80. The average molecular weight is 402 g/mol. The molecule has 0 aliphatic carbocycles. The second kappa shape index (κ2) is 9.73. The maximum absolute atomic E-state index is 12.5. The van der Waals surface area contributed by atoms with Crippen molar-refractivity contribution in [3.05, 3.63) is 28.3 Å². The minimum atomic E-state index is -0.216. The van der Waals surface area contributed by atoms with Crippen LogP contribution in [0.15, 0.2) is 16.9 Å². The zero-order chi connectivity index (χ0) is 20.8. The molecule has 1 aromatic heterocycles. The molecule has 2 aromatic rings. The van der Waals surface area contributed by atoms with E-state index < -0.39 is 0 Å². The lowest BCUT2D eigenvalue weighted by Crippen LogP contribution is -2.38. The number of rotatable bonds is 8. The average Bonchev–Trinajstić information content (AvgIpc) is 2.76. The third-order valence-corrected chi connectivity index (χ3v) is 5.43. The van der Waals surface area contributed by atoms with Crippen molar-refractivity contribution in [2.75, 3.05) is 40.4 Å². The van der Waals surface area contributed by atoms with E-state index in [1.807, 2.05) is 11.8 Å². The second-order valence-corrected chi connectivity index (χ2v) is 7.30. The van der Waals surface area contributed by atoms with Crippen molar-refractivity contribution in [2.24, 2.45) is 0 Å². The summed E-state index contributed by atoms with van der Waals surface area (Å²) in [6.07, 6.45) is 3.89. The Labute approximate surface area is 170 Å². The van der Waals surface area contributed by atoms with Crippen LogP contribution in [0.3, 0.4) is 0 Å². The number of carbonyl (C=O) groups is 1. The number of likely N-dealkylation sites (tertiary alicyclic amines) is 1. The number of piperidine rings is 1. The van der Waals surface area contributed by atoms with Gasteiger partial charge in [0.15, 0.2) is 11.5 Å². The van der Waals surface area contributed by atoms with E-state index in [-0.39, 0.29) is 11.5 Å². The molecule has 0 spiro atoms. The summed E-state index contributed by atoms with van der Waals surface area (Å²) < 4.78 is 10.6. The van der Waals surface area contributed by atoms with Gasteiger partial charge >= 0.3 is 0 Å². The van der Waals surface area contributed by atoms with Gasteiger partial charge in [-0.05, 0) is 31.9 Å². The molecule has 1 saturated heterocycles. The molecule has 0 atom stereocenters. The Morgan fingerprint density at radius 1 is 1.17 bits per heavy atom. The number of carbonyl (C=O) groups excluding carboxylic acids is 1. The lowest BCUT2D eigenvalue weighted by molar-refractivity contribution is -0.132. The van der Waals surface area contributed by atoms with Gasteiger partial charge in [-0.15, -0.1) is 0 Å². The van der Waals surface area contributed by atoms with Crippen LogP contribution < -0.4 is 15.0 Å². The molecule has 1 aliphatic rings. The third kappa shape index (κ3) is 5.06. The fourth-order valence-corrected chi connectivity index (χ4v) is 3.71. The molecule has 1 aromatic carbocycles. The molecular weight excluding hydrogens is 372 g/mol. The number of amides is 1. The van der Waals surface area contributed by atoms with Crippen LogP contribution in [0.5, 0.6) is 11.5 Å². The van der Waals surface area contributed by atoms with Gasteiger partial charge in [0, 0.05) is 32.1 Å². The van der Waals surface area contributed by atoms with Crippen molar-refractivity contribution in [3.8, 4) is 11.5 Å². The fourth-order valence-electron chi connectivity index (χ4n) is 3.71. The Balaban J connectivity index is 1.71. The number of nitrogens with zero attached hydrogens (tertiary/aromatic N) is 3. The Kier molecular flexibility index (Phi) is 7.09. The van der Waals surface area contributed by atoms with E-state index >= 15 is 0 Å². The Morgan fingerprint density at radius 2 is 1.86 bits per heavy atom. The van der Waals surface area contributed by atoms with E-state index in [1.54, 1.807) is 19.2 Å². The number of fused-ring (bicyclic) bond motifs is 1. The predicted molar refractivity (Wildman–Crippen MR) is 111 cm³/mol. The van der Waals surface area contributed by atoms with Crippen molar-refractivity contribution in [3.63, 3.8) is 0 Å². The van der Waals surface area contributed by atoms with Gasteiger partial charge in [0.25, 0.3) is 5.56 Å². The highest BCUT2D eigenvalue weighted by Crippen LogP contribution is 2.29. The lowest BCUT2D eigenvalue weighted by atomic mass is 10.1. The number of ether oxygens (including phenoxy) is 2. The van der Waals surface area contributed by atoms with E-state index in [4.69, 9.17) is 9.47 Å². The minimum Gasteiger partial charge on any atom is -0.493 e. The van der Waals surface area contributed by atoms with E-state index in [0.717, 1.165) is 32.5 Å². The van der Waals surface area contributed by atoms with Crippen LogP contribution in [-0.4, -0.2) is 66.1 Å². The largest absolute Gasteiger partial charge is 0.493 e. The molecule has 29 heavy (non-hydrogen) atoms. The number of aromatic nitrogens is 2. The molecule has 8 heteroatoms. The number of hydrogen-bond acceptors (Lipinski definition) is 6. The summed E-state index contributed by atoms with van der Waals surface area (Å²) in [5.41, 5.74) is 0.341. The smallest absolute Gasteiger partial charge is 0.258 e. The van der Waals surface area contributed by atoms with E-state index in [2.05, 4.69) is 14.9 Å². The molecular formula is C21H30N4O4. The van der Waals surface area contributed by atoms with E-state index in [0.29, 0.717) is 47.7 Å². The second-order valence-electron chi connectivity index (χ2n) is 7.30. The van der Waals surface area contributed by atoms with Crippen molar-refractivity contribution >= 4 is 16.8 Å². The standard InChI is InChI=1S/C21H30N4O4/c1-4-24(11-8-20(26)25-9-6-5-7-10-25)14-19-22-16-13-18(29-3)17(28-2)12-15(16)21(27)23-19/h12-13H,4-11,14H2,1-3H3,(H,22,23,27). The highest BCUT2D eigenvalue weighted by atomic mass is 16.5. The van der Waals surface area contributed by atoms with Gasteiger partial charge in [-0.2, -0.15) is 0 Å². The normalized spacial score (nSPS) is 14.4. The molecule has 1 N–H and O–H groups in total. The van der Waals surface area contributed by atoms with E-state index in [1.165, 1.54) is 13.5 Å². The Bertz CT molecular complexity index is 905. The SMILES string of the molecule is CCN(CCC(=O)N1CCCCC1)Cc1nc2cc(OC)c(OC)cc2c(=O)[nH]1. The Morgan fingerprint density at radius 3 is 2.52 bits per heavy atom. The quantitative estimate of drug-likeness (QED) is 0.728. The lowest BCUT2D eigenvalue weighted by Gasteiger charge is -2.28. The summed E-state index contributed by atoms with van der Waals surface area (Å²) >= 11 is 0. The van der Waals surface area contributed by atoms with Gasteiger partial charge in [0.05, 0.1) is 31.7 Å². The molecule has 0 unspecified atom stereocenters. The zero-order valence-corrected chi connectivity index (χ0v) is 17.5. The molecule has 1 fully saturated rings. The van der Waals surface area contributed by atoms with E-state index in [9.17, 15) is 9.59 Å². The van der Waals surface area contributed by atoms with Crippen molar-refractivity contribution in [2.45, 2.75) is 39.2 Å².